The summed E-state index contributed by atoms with van der Waals surface area (Å²) in [4.78, 5) is 4.49. The van der Waals surface area contributed by atoms with E-state index in [0.29, 0.717) is 5.92 Å². The number of pyridine rings is 1. The number of aliphatic hydroxyl groups excluding tert-OH is 1. The highest BCUT2D eigenvalue weighted by molar-refractivity contribution is 5.45. The maximum atomic E-state index is 9.76. The van der Waals surface area contributed by atoms with Crippen LogP contribution in [-0.4, -0.2) is 29.3 Å². The molecule has 0 amide bonds. The summed E-state index contributed by atoms with van der Waals surface area (Å²) in [6, 6.07) is 5.95. The Labute approximate surface area is 109 Å². The zero-order valence-corrected chi connectivity index (χ0v) is 11.0. The van der Waals surface area contributed by atoms with E-state index in [4.69, 9.17) is 0 Å². The normalized spacial score (nSPS) is 23.0. The standard InChI is InChI=1S/C14H23N3O/c1-2-9-15-13-7-4-8-14(17-13)16-10-11-5-3-6-12(11)18/h4,7-8,11-12,18H,2-3,5-6,9-10H2,1H3,(H2,15,16,17). The molecule has 1 aromatic rings. The first kappa shape index (κ1) is 13.1. The molecule has 0 aliphatic heterocycles. The molecule has 1 saturated carbocycles. The molecule has 0 saturated heterocycles. The fraction of sp³-hybridized carbons (Fsp3) is 0.643. The largest absolute Gasteiger partial charge is 0.393 e. The first-order valence-corrected chi connectivity index (χ1v) is 6.92. The van der Waals surface area contributed by atoms with Crippen LogP contribution >= 0.6 is 0 Å². The number of anilines is 2. The topological polar surface area (TPSA) is 57.2 Å². The molecule has 1 aliphatic carbocycles. The molecule has 4 heteroatoms. The molecule has 2 rings (SSSR count). The zero-order valence-electron chi connectivity index (χ0n) is 11.0. The molecule has 2 unspecified atom stereocenters. The van der Waals surface area contributed by atoms with Gasteiger partial charge < -0.3 is 15.7 Å². The van der Waals surface area contributed by atoms with Gasteiger partial charge in [-0.3, -0.25) is 0 Å². The number of rotatable bonds is 6. The van der Waals surface area contributed by atoms with E-state index < -0.39 is 0 Å². The van der Waals surface area contributed by atoms with Gasteiger partial charge in [0.1, 0.15) is 11.6 Å². The lowest BCUT2D eigenvalue weighted by atomic mass is 10.1. The van der Waals surface area contributed by atoms with Gasteiger partial charge in [0.25, 0.3) is 0 Å². The van der Waals surface area contributed by atoms with Crippen molar-refractivity contribution in [1.29, 1.82) is 0 Å². The Morgan fingerprint density at radius 1 is 1.28 bits per heavy atom. The van der Waals surface area contributed by atoms with Crippen molar-refractivity contribution < 1.29 is 5.11 Å². The van der Waals surface area contributed by atoms with Crippen molar-refractivity contribution in [3.63, 3.8) is 0 Å². The smallest absolute Gasteiger partial charge is 0.128 e. The van der Waals surface area contributed by atoms with Crippen molar-refractivity contribution in [1.82, 2.24) is 4.98 Å². The van der Waals surface area contributed by atoms with Crippen LogP contribution in [0.15, 0.2) is 18.2 Å². The van der Waals surface area contributed by atoms with Gasteiger partial charge in [0.15, 0.2) is 0 Å². The fourth-order valence-corrected chi connectivity index (χ4v) is 2.38. The Hall–Kier alpha value is -1.29. The molecular formula is C14H23N3O. The van der Waals surface area contributed by atoms with Gasteiger partial charge in [-0.15, -0.1) is 0 Å². The Balaban J connectivity index is 1.84. The van der Waals surface area contributed by atoms with Gasteiger partial charge in [-0.1, -0.05) is 19.4 Å². The predicted molar refractivity (Wildman–Crippen MR) is 74.9 cm³/mol. The average molecular weight is 249 g/mol. The summed E-state index contributed by atoms with van der Waals surface area (Å²) in [5.74, 6) is 2.17. The van der Waals surface area contributed by atoms with Crippen LogP contribution in [0.3, 0.4) is 0 Å². The molecule has 0 bridgehead atoms. The summed E-state index contributed by atoms with van der Waals surface area (Å²) in [5, 5.41) is 16.4. The van der Waals surface area contributed by atoms with E-state index in [1.165, 1.54) is 0 Å². The van der Waals surface area contributed by atoms with Gasteiger partial charge in [0, 0.05) is 19.0 Å². The van der Waals surface area contributed by atoms with E-state index in [0.717, 1.165) is 50.4 Å². The van der Waals surface area contributed by atoms with Gasteiger partial charge in [-0.25, -0.2) is 4.98 Å². The summed E-state index contributed by atoms with van der Waals surface area (Å²) in [7, 11) is 0. The van der Waals surface area contributed by atoms with Crippen LogP contribution in [0.1, 0.15) is 32.6 Å². The first-order valence-electron chi connectivity index (χ1n) is 6.92. The second kappa shape index (κ2) is 6.59. The molecule has 3 N–H and O–H groups in total. The van der Waals surface area contributed by atoms with Crippen LogP contribution in [-0.2, 0) is 0 Å². The van der Waals surface area contributed by atoms with Crippen molar-refractivity contribution in [3.05, 3.63) is 18.2 Å². The van der Waals surface area contributed by atoms with Crippen LogP contribution < -0.4 is 10.6 Å². The molecule has 1 aromatic heterocycles. The van der Waals surface area contributed by atoms with Gasteiger partial charge in [0.2, 0.25) is 0 Å². The van der Waals surface area contributed by atoms with Crippen LogP contribution in [0.25, 0.3) is 0 Å². The number of nitrogens with one attached hydrogen (secondary N) is 2. The second-order valence-corrected chi connectivity index (χ2v) is 4.97. The molecular weight excluding hydrogens is 226 g/mol. The predicted octanol–water partition coefficient (Wildman–Crippen LogP) is 2.48. The van der Waals surface area contributed by atoms with Gasteiger partial charge in [-0.2, -0.15) is 0 Å². The van der Waals surface area contributed by atoms with Crippen molar-refractivity contribution >= 4 is 11.6 Å². The summed E-state index contributed by atoms with van der Waals surface area (Å²) in [6.45, 7) is 3.89. The van der Waals surface area contributed by atoms with Crippen LogP contribution in [0.5, 0.6) is 0 Å². The van der Waals surface area contributed by atoms with Crippen molar-refractivity contribution in [2.45, 2.75) is 38.7 Å². The zero-order chi connectivity index (χ0) is 12.8. The average Bonchev–Trinajstić information content (AvgIpc) is 2.80. The quantitative estimate of drug-likeness (QED) is 0.725. The highest BCUT2D eigenvalue weighted by Crippen LogP contribution is 2.25. The molecule has 100 valence electrons. The summed E-state index contributed by atoms with van der Waals surface area (Å²) in [6.07, 6.45) is 4.14. The minimum Gasteiger partial charge on any atom is -0.393 e. The number of aromatic nitrogens is 1. The first-order chi connectivity index (χ1) is 8.79. The summed E-state index contributed by atoms with van der Waals surface area (Å²) in [5.41, 5.74) is 0. The molecule has 4 nitrogen and oxygen atoms in total. The molecule has 1 heterocycles. The van der Waals surface area contributed by atoms with E-state index in [9.17, 15) is 5.11 Å². The maximum absolute atomic E-state index is 9.76. The monoisotopic (exact) mass is 249 g/mol. The Kier molecular flexibility index (Phi) is 4.81. The molecule has 2 atom stereocenters. The van der Waals surface area contributed by atoms with Crippen molar-refractivity contribution in [2.75, 3.05) is 23.7 Å². The Bertz CT molecular complexity index is 370. The SMILES string of the molecule is CCCNc1cccc(NCC2CCCC2O)n1. The third kappa shape index (κ3) is 3.60. The molecule has 1 fully saturated rings. The fourth-order valence-electron chi connectivity index (χ4n) is 2.38. The lowest BCUT2D eigenvalue weighted by molar-refractivity contribution is 0.138. The lowest BCUT2D eigenvalue weighted by Crippen LogP contribution is -2.22. The third-order valence-electron chi connectivity index (χ3n) is 3.47. The number of hydrogen-bond donors (Lipinski definition) is 3. The lowest BCUT2D eigenvalue weighted by Gasteiger charge is -2.15. The van der Waals surface area contributed by atoms with E-state index in [-0.39, 0.29) is 6.10 Å². The van der Waals surface area contributed by atoms with Crippen LogP contribution in [0.2, 0.25) is 0 Å². The van der Waals surface area contributed by atoms with Gasteiger partial charge in [0.05, 0.1) is 6.10 Å². The van der Waals surface area contributed by atoms with Crippen LogP contribution in [0.4, 0.5) is 11.6 Å². The highest BCUT2D eigenvalue weighted by atomic mass is 16.3. The molecule has 0 radical (unpaired) electrons. The molecule has 0 spiro atoms. The van der Waals surface area contributed by atoms with E-state index >= 15 is 0 Å². The van der Waals surface area contributed by atoms with Crippen molar-refractivity contribution in [3.8, 4) is 0 Å². The van der Waals surface area contributed by atoms with Crippen LogP contribution in [0, 0.1) is 5.92 Å². The number of nitrogens with zero attached hydrogens (tertiary/aromatic N) is 1. The van der Waals surface area contributed by atoms with Gasteiger partial charge >= 0.3 is 0 Å². The highest BCUT2D eigenvalue weighted by Gasteiger charge is 2.24. The third-order valence-corrected chi connectivity index (χ3v) is 3.47. The summed E-state index contributed by atoms with van der Waals surface area (Å²) >= 11 is 0. The van der Waals surface area contributed by atoms with E-state index in [1.54, 1.807) is 0 Å². The summed E-state index contributed by atoms with van der Waals surface area (Å²) < 4.78 is 0. The minimum atomic E-state index is -0.140. The second-order valence-electron chi connectivity index (χ2n) is 4.97. The molecule has 18 heavy (non-hydrogen) atoms. The number of hydrogen-bond acceptors (Lipinski definition) is 4. The number of aliphatic hydroxyl groups is 1. The van der Waals surface area contributed by atoms with E-state index in [1.807, 2.05) is 18.2 Å². The van der Waals surface area contributed by atoms with E-state index in [2.05, 4.69) is 22.5 Å². The minimum absolute atomic E-state index is 0.140. The van der Waals surface area contributed by atoms with Gasteiger partial charge in [-0.05, 0) is 31.4 Å². The maximum Gasteiger partial charge on any atom is 0.128 e. The molecule has 0 aromatic carbocycles. The van der Waals surface area contributed by atoms with Crippen molar-refractivity contribution in [2.24, 2.45) is 5.92 Å². The Morgan fingerprint density at radius 2 is 2.06 bits per heavy atom. The molecule has 1 aliphatic rings. The Morgan fingerprint density at radius 3 is 2.72 bits per heavy atom.